The molecule has 1 aliphatic rings. The number of hydrogen-bond acceptors (Lipinski definition) is 5. The standard InChI is InChI=1S/C21H24N2O4S/c1-13-11-17(14(2)28-13)19(24)6-8-20(25)22-9-10-27-16-4-5-18-15(12-16)3-7-21(26)23-18/h4-5,11-12H,3,6-10H2,1-2H3,(H,22,25)(H,23,26). The number of rotatable bonds is 8. The SMILES string of the molecule is Cc1cc(C(=O)CCC(=O)NCCOc2ccc3c(c2)CCC(=O)N3)c(C)s1. The van der Waals surface area contributed by atoms with Crippen LogP contribution in [-0.2, 0) is 16.0 Å². The summed E-state index contributed by atoms with van der Waals surface area (Å²) in [5.41, 5.74) is 2.61. The predicted octanol–water partition coefficient (Wildman–Crippen LogP) is 3.41. The largest absolute Gasteiger partial charge is 0.492 e. The van der Waals surface area contributed by atoms with E-state index in [0.717, 1.165) is 26.6 Å². The second kappa shape index (κ2) is 9.01. The molecule has 0 atom stereocenters. The number of carbonyl (C=O) groups excluding carboxylic acids is 3. The first kappa shape index (κ1) is 20.1. The smallest absolute Gasteiger partial charge is 0.224 e. The number of amides is 2. The molecular formula is C21H24N2O4S. The van der Waals surface area contributed by atoms with Gasteiger partial charge in [0.25, 0.3) is 0 Å². The molecule has 0 fully saturated rings. The molecule has 3 rings (SSSR count). The number of nitrogens with one attached hydrogen (secondary N) is 2. The van der Waals surface area contributed by atoms with Crippen LogP contribution in [-0.4, -0.2) is 30.7 Å². The van der Waals surface area contributed by atoms with Gasteiger partial charge in [0.2, 0.25) is 11.8 Å². The van der Waals surface area contributed by atoms with Gasteiger partial charge in [-0.3, -0.25) is 14.4 Å². The minimum atomic E-state index is -0.158. The molecule has 148 valence electrons. The molecule has 0 aliphatic carbocycles. The van der Waals surface area contributed by atoms with E-state index in [0.29, 0.717) is 31.7 Å². The summed E-state index contributed by atoms with van der Waals surface area (Å²) in [6, 6.07) is 7.44. The Bertz CT molecular complexity index is 904. The molecule has 0 spiro atoms. The lowest BCUT2D eigenvalue weighted by Crippen LogP contribution is -2.28. The molecule has 0 saturated heterocycles. The molecule has 2 N–H and O–H groups in total. The molecule has 0 saturated carbocycles. The third kappa shape index (κ3) is 5.19. The van der Waals surface area contributed by atoms with Gasteiger partial charge in [-0.2, -0.15) is 0 Å². The number of anilines is 1. The third-order valence-corrected chi connectivity index (χ3v) is 5.55. The lowest BCUT2D eigenvalue weighted by molar-refractivity contribution is -0.121. The zero-order valence-corrected chi connectivity index (χ0v) is 16.9. The van der Waals surface area contributed by atoms with Crippen LogP contribution >= 0.6 is 11.3 Å². The van der Waals surface area contributed by atoms with Gasteiger partial charge in [-0.25, -0.2) is 0 Å². The molecule has 2 amide bonds. The lowest BCUT2D eigenvalue weighted by Gasteiger charge is -2.17. The van der Waals surface area contributed by atoms with Gasteiger partial charge in [0, 0.05) is 40.3 Å². The third-order valence-electron chi connectivity index (χ3n) is 4.59. The number of benzene rings is 1. The van der Waals surface area contributed by atoms with E-state index in [1.807, 2.05) is 32.0 Å². The molecule has 1 aliphatic heterocycles. The van der Waals surface area contributed by atoms with E-state index in [4.69, 9.17) is 4.74 Å². The maximum atomic E-state index is 12.2. The quantitative estimate of drug-likeness (QED) is 0.525. The van der Waals surface area contributed by atoms with Gasteiger partial charge < -0.3 is 15.4 Å². The van der Waals surface area contributed by atoms with Crippen molar-refractivity contribution in [2.24, 2.45) is 0 Å². The van der Waals surface area contributed by atoms with Gasteiger partial charge in [-0.05, 0) is 50.1 Å². The molecule has 0 unspecified atom stereocenters. The zero-order valence-electron chi connectivity index (χ0n) is 16.1. The fourth-order valence-electron chi connectivity index (χ4n) is 3.17. The summed E-state index contributed by atoms with van der Waals surface area (Å²) in [7, 11) is 0. The summed E-state index contributed by atoms with van der Waals surface area (Å²) in [5.74, 6) is 0.596. The summed E-state index contributed by atoms with van der Waals surface area (Å²) in [5, 5.41) is 5.61. The molecular weight excluding hydrogens is 376 g/mol. The molecule has 0 radical (unpaired) electrons. The Morgan fingerprint density at radius 1 is 1.18 bits per heavy atom. The maximum Gasteiger partial charge on any atom is 0.224 e. The van der Waals surface area contributed by atoms with Gasteiger partial charge in [0.15, 0.2) is 5.78 Å². The summed E-state index contributed by atoms with van der Waals surface area (Å²) in [6.07, 6.45) is 1.56. The number of ketones is 1. The number of carbonyl (C=O) groups is 3. The molecule has 1 aromatic heterocycles. The van der Waals surface area contributed by atoms with Crippen LogP contribution in [0, 0.1) is 13.8 Å². The topological polar surface area (TPSA) is 84.5 Å². The molecule has 2 aromatic rings. The van der Waals surface area contributed by atoms with E-state index >= 15 is 0 Å². The van der Waals surface area contributed by atoms with E-state index in [1.165, 1.54) is 0 Å². The van der Waals surface area contributed by atoms with E-state index in [2.05, 4.69) is 10.6 Å². The van der Waals surface area contributed by atoms with E-state index < -0.39 is 0 Å². The fraction of sp³-hybridized carbons (Fsp3) is 0.381. The Morgan fingerprint density at radius 3 is 2.75 bits per heavy atom. The summed E-state index contributed by atoms with van der Waals surface area (Å²) < 4.78 is 5.67. The molecule has 1 aromatic carbocycles. The van der Waals surface area contributed by atoms with Crippen LogP contribution in [0.1, 0.15) is 44.9 Å². The first-order chi connectivity index (χ1) is 13.4. The first-order valence-electron chi connectivity index (χ1n) is 9.35. The highest BCUT2D eigenvalue weighted by Gasteiger charge is 2.15. The monoisotopic (exact) mass is 400 g/mol. The maximum absolute atomic E-state index is 12.2. The van der Waals surface area contributed by atoms with Crippen molar-refractivity contribution in [1.29, 1.82) is 0 Å². The van der Waals surface area contributed by atoms with Crippen molar-refractivity contribution in [1.82, 2.24) is 5.32 Å². The minimum absolute atomic E-state index is 0.00870. The van der Waals surface area contributed by atoms with Crippen molar-refractivity contribution in [3.63, 3.8) is 0 Å². The van der Waals surface area contributed by atoms with Crippen LogP contribution < -0.4 is 15.4 Å². The molecule has 2 heterocycles. The van der Waals surface area contributed by atoms with Crippen molar-refractivity contribution in [3.8, 4) is 5.75 Å². The van der Waals surface area contributed by atoms with Crippen LogP contribution in [0.5, 0.6) is 5.75 Å². The van der Waals surface area contributed by atoms with Gasteiger partial charge in [0.1, 0.15) is 12.4 Å². The molecule has 0 bridgehead atoms. The number of hydrogen-bond donors (Lipinski definition) is 2. The first-order valence-corrected chi connectivity index (χ1v) is 10.2. The number of fused-ring (bicyclic) bond motifs is 1. The minimum Gasteiger partial charge on any atom is -0.492 e. The average Bonchev–Trinajstić information content (AvgIpc) is 3.01. The Morgan fingerprint density at radius 2 is 2.00 bits per heavy atom. The predicted molar refractivity (Wildman–Crippen MR) is 109 cm³/mol. The van der Waals surface area contributed by atoms with Gasteiger partial charge in [0.05, 0.1) is 6.54 Å². The van der Waals surface area contributed by atoms with E-state index in [9.17, 15) is 14.4 Å². The fourth-order valence-corrected chi connectivity index (χ4v) is 4.11. The highest BCUT2D eigenvalue weighted by Crippen LogP contribution is 2.26. The second-order valence-corrected chi connectivity index (χ2v) is 8.28. The Balaban J connectivity index is 1.37. The van der Waals surface area contributed by atoms with Crippen LogP contribution in [0.3, 0.4) is 0 Å². The van der Waals surface area contributed by atoms with Crippen molar-refractivity contribution in [2.45, 2.75) is 39.5 Å². The van der Waals surface area contributed by atoms with Crippen molar-refractivity contribution >= 4 is 34.6 Å². The Kier molecular flexibility index (Phi) is 6.46. The van der Waals surface area contributed by atoms with Gasteiger partial charge in [-0.1, -0.05) is 0 Å². The van der Waals surface area contributed by atoms with E-state index in [1.54, 1.807) is 17.4 Å². The van der Waals surface area contributed by atoms with Crippen LogP contribution in [0.15, 0.2) is 24.3 Å². The van der Waals surface area contributed by atoms with Crippen molar-refractivity contribution < 1.29 is 19.1 Å². The normalized spacial score (nSPS) is 12.9. The van der Waals surface area contributed by atoms with Crippen LogP contribution in [0.4, 0.5) is 5.69 Å². The molecule has 7 heteroatoms. The highest BCUT2D eigenvalue weighted by molar-refractivity contribution is 7.12. The number of Topliss-reactive ketones (excluding diaryl/α,β-unsaturated/α-hetero) is 1. The number of aryl methyl sites for hydroxylation is 3. The Hall–Kier alpha value is -2.67. The lowest BCUT2D eigenvalue weighted by atomic mass is 10.0. The second-order valence-electron chi connectivity index (χ2n) is 6.82. The van der Waals surface area contributed by atoms with Crippen molar-refractivity contribution in [3.05, 3.63) is 45.1 Å². The molecule has 6 nitrogen and oxygen atoms in total. The summed E-state index contributed by atoms with van der Waals surface area (Å²) >= 11 is 1.60. The van der Waals surface area contributed by atoms with Crippen LogP contribution in [0.25, 0.3) is 0 Å². The van der Waals surface area contributed by atoms with Gasteiger partial charge >= 0.3 is 0 Å². The average molecular weight is 401 g/mol. The number of thiophene rings is 1. The zero-order chi connectivity index (χ0) is 20.1. The van der Waals surface area contributed by atoms with E-state index in [-0.39, 0.29) is 30.4 Å². The Labute approximate surface area is 168 Å². The number of ether oxygens (including phenoxy) is 1. The summed E-state index contributed by atoms with van der Waals surface area (Å²) in [6.45, 7) is 4.61. The van der Waals surface area contributed by atoms with Gasteiger partial charge in [-0.15, -0.1) is 11.3 Å². The molecule has 28 heavy (non-hydrogen) atoms. The summed E-state index contributed by atoms with van der Waals surface area (Å²) in [4.78, 5) is 37.6. The van der Waals surface area contributed by atoms with Crippen LogP contribution in [0.2, 0.25) is 0 Å². The highest BCUT2D eigenvalue weighted by atomic mass is 32.1. The van der Waals surface area contributed by atoms with Crippen molar-refractivity contribution in [2.75, 3.05) is 18.5 Å².